The first-order valence-electron chi connectivity index (χ1n) is 7.07. The minimum absolute atomic E-state index is 0.419. The zero-order valence-electron chi connectivity index (χ0n) is 11.6. The van der Waals surface area contributed by atoms with Crippen molar-refractivity contribution in [2.24, 2.45) is 13.0 Å². The normalized spacial score (nSPS) is 23.3. The molecule has 19 heavy (non-hydrogen) atoms. The zero-order valence-corrected chi connectivity index (χ0v) is 11.6. The predicted molar refractivity (Wildman–Crippen MR) is 76.9 cm³/mol. The minimum atomic E-state index is 0.419. The second-order valence-corrected chi connectivity index (χ2v) is 5.33. The molecular formula is C16H21N3. The topological polar surface area (TPSA) is 29.9 Å². The highest BCUT2D eigenvalue weighted by Gasteiger charge is 2.44. The van der Waals surface area contributed by atoms with Crippen molar-refractivity contribution in [2.45, 2.75) is 25.3 Å². The molecule has 0 bridgehead atoms. The molecule has 3 unspecified atom stereocenters. The first-order chi connectivity index (χ1) is 9.31. The van der Waals surface area contributed by atoms with Crippen LogP contribution in [0.15, 0.2) is 42.6 Å². The van der Waals surface area contributed by atoms with Gasteiger partial charge in [-0.25, -0.2) is 0 Å². The summed E-state index contributed by atoms with van der Waals surface area (Å²) in [5.41, 5.74) is 2.77. The molecule has 1 heterocycles. The lowest BCUT2D eigenvalue weighted by Gasteiger charge is -2.18. The lowest BCUT2D eigenvalue weighted by atomic mass is 10.0. The molecule has 3 rings (SSSR count). The maximum atomic E-state index is 4.30. The van der Waals surface area contributed by atoms with Gasteiger partial charge >= 0.3 is 0 Å². The fourth-order valence-corrected chi connectivity index (χ4v) is 3.05. The van der Waals surface area contributed by atoms with Crippen LogP contribution in [-0.2, 0) is 7.05 Å². The van der Waals surface area contributed by atoms with E-state index in [0.717, 1.165) is 6.54 Å². The van der Waals surface area contributed by atoms with E-state index in [1.165, 1.54) is 17.7 Å². The lowest BCUT2D eigenvalue weighted by Crippen LogP contribution is -2.25. The molecule has 1 aliphatic carbocycles. The van der Waals surface area contributed by atoms with Gasteiger partial charge in [0.1, 0.15) is 0 Å². The van der Waals surface area contributed by atoms with E-state index in [1.807, 2.05) is 17.9 Å². The van der Waals surface area contributed by atoms with Gasteiger partial charge in [0, 0.05) is 13.2 Å². The molecule has 1 aliphatic rings. The second kappa shape index (κ2) is 5.17. The van der Waals surface area contributed by atoms with Crippen molar-refractivity contribution < 1.29 is 0 Å². The molecule has 0 amide bonds. The molecule has 3 atom stereocenters. The molecule has 0 spiro atoms. The summed E-state index contributed by atoms with van der Waals surface area (Å²) in [6.07, 6.45) is 3.16. The van der Waals surface area contributed by atoms with Crippen LogP contribution in [0, 0.1) is 5.92 Å². The van der Waals surface area contributed by atoms with Crippen LogP contribution >= 0.6 is 0 Å². The van der Waals surface area contributed by atoms with Crippen molar-refractivity contribution in [3.8, 4) is 0 Å². The van der Waals surface area contributed by atoms with E-state index in [4.69, 9.17) is 0 Å². The third-order valence-electron chi connectivity index (χ3n) is 4.10. The summed E-state index contributed by atoms with van der Waals surface area (Å²) in [6, 6.07) is 13.4. The summed E-state index contributed by atoms with van der Waals surface area (Å²) in [7, 11) is 2.03. The van der Waals surface area contributed by atoms with Crippen LogP contribution in [0.2, 0.25) is 0 Å². The molecule has 1 N–H and O–H groups in total. The number of benzene rings is 1. The first-order valence-corrected chi connectivity index (χ1v) is 7.07. The number of rotatable bonds is 5. The van der Waals surface area contributed by atoms with Crippen LogP contribution < -0.4 is 5.32 Å². The number of hydrogen-bond acceptors (Lipinski definition) is 2. The second-order valence-electron chi connectivity index (χ2n) is 5.33. The smallest absolute Gasteiger partial charge is 0.0553 e. The van der Waals surface area contributed by atoms with Crippen molar-refractivity contribution in [3.63, 3.8) is 0 Å². The summed E-state index contributed by atoms with van der Waals surface area (Å²) in [4.78, 5) is 0. The monoisotopic (exact) mass is 255 g/mol. The van der Waals surface area contributed by atoms with Crippen LogP contribution in [0.1, 0.15) is 36.6 Å². The van der Waals surface area contributed by atoms with E-state index < -0.39 is 0 Å². The zero-order chi connectivity index (χ0) is 13.2. The highest BCUT2D eigenvalue weighted by molar-refractivity contribution is 5.28. The third-order valence-corrected chi connectivity index (χ3v) is 4.10. The Morgan fingerprint density at radius 3 is 2.74 bits per heavy atom. The quantitative estimate of drug-likeness (QED) is 0.890. The van der Waals surface area contributed by atoms with Gasteiger partial charge in [0.2, 0.25) is 0 Å². The van der Waals surface area contributed by atoms with Crippen LogP contribution in [-0.4, -0.2) is 16.3 Å². The van der Waals surface area contributed by atoms with E-state index in [0.29, 0.717) is 17.9 Å². The largest absolute Gasteiger partial charge is 0.309 e. The Balaban J connectivity index is 1.79. The molecule has 2 aromatic rings. The van der Waals surface area contributed by atoms with Gasteiger partial charge in [-0.3, -0.25) is 4.68 Å². The van der Waals surface area contributed by atoms with Crippen LogP contribution in [0.3, 0.4) is 0 Å². The number of nitrogens with zero attached hydrogens (tertiary/aromatic N) is 2. The maximum absolute atomic E-state index is 4.30. The molecule has 0 radical (unpaired) electrons. The molecule has 1 saturated carbocycles. The van der Waals surface area contributed by atoms with Gasteiger partial charge in [-0.15, -0.1) is 0 Å². The van der Waals surface area contributed by atoms with Crippen LogP contribution in [0.4, 0.5) is 0 Å². The van der Waals surface area contributed by atoms with E-state index >= 15 is 0 Å². The van der Waals surface area contributed by atoms with Crippen molar-refractivity contribution in [2.75, 3.05) is 6.54 Å². The molecule has 3 heteroatoms. The van der Waals surface area contributed by atoms with E-state index in [9.17, 15) is 0 Å². The van der Waals surface area contributed by atoms with E-state index in [2.05, 4.69) is 53.7 Å². The first kappa shape index (κ1) is 12.4. The molecule has 3 nitrogen and oxygen atoms in total. The Hall–Kier alpha value is -1.61. The van der Waals surface area contributed by atoms with Gasteiger partial charge < -0.3 is 5.32 Å². The number of aryl methyl sites for hydroxylation is 1. The fourth-order valence-electron chi connectivity index (χ4n) is 3.05. The van der Waals surface area contributed by atoms with Crippen molar-refractivity contribution in [1.29, 1.82) is 0 Å². The summed E-state index contributed by atoms with van der Waals surface area (Å²) in [5, 5.41) is 7.93. The van der Waals surface area contributed by atoms with Gasteiger partial charge in [-0.1, -0.05) is 37.3 Å². The Morgan fingerprint density at radius 2 is 2.11 bits per heavy atom. The molecule has 100 valence electrons. The number of hydrogen-bond donors (Lipinski definition) is 1. The van der Waals surface area contributed by atoms with Gasteiger partial charge in [0.05, 0.1) is 11.7 Å². The summed E-state index contributed by atoms with van der Waals surface area (Å²) in [5.74, 6) is 1.39. The molecule has 0 saturated heterocycles. The van der Waals surface area contributed by atoms with E-state index in [-0.39, 0.29) is 0 Å². The van der Waals surface area contributed by atoms with Crippen molar-refractivity contribution in [3.05, 3.63) is 53.9 Å². The van der Waals surface area contributed by atoms with Gasteiger partial charge in [0.15, 0.2) is 0 Å². The minimum Gasteiger partial charge on any atom is -0.309 e. The molecule has 0 aliphatic heterocycles. The number of aromatic nitrogens is 2. The van der Waals surface area contributed by atoms with Crippen molar-refractivity contribution in [1.82, 2.24) is 15.1 Å². The highest BCUT2D eigenvalue weighted by atomic mass is 15.3. The average molecular weight is 255 g/mol. The Labute approximate surface area is 114 Å². The fraction of sp³-hybridized carbons (Fsp3) is 0.438. The van der Waals surface area contributed by atoms with Crippen LogP contribution in [0.5, 0.6) is 0 Å². The summed E-state index contributed by atoms with van der Waals surface area (Å²) < 4.78 is 1.99. The predicted octanol–water partition coefficient (Wildman–Crippen LogP) is 2.87. The third kappa shape index (κ3) is 2.43. The Kier molecular flexibility index (Phi) is 3.38. The highest BCUT2D eigenvalue weighted by Crippen LogP contribution is 2.53. The average Bonchev–Trinajstić information content (AvgIpc) is 3.12. The maximum Gasteiger partial charge on any atom is 0.0553 e. The standard InChI is InChI=1S/C16H21N3/c1-3-17-16(15-9-10-18-19(15)2)14-11-13(14)12-7-5-4-6-8-12/h4-10,13-14,16-17H,3,11H2,1-2H3. The van der Waals surface area contributed by atoms with E-state index in [1.54, 1.807) is 0 Å². The number of nitrogens with one attached hydrogen (secondary N) is 1. The summed E-state index contributed by atoms with van der Waals surface area (Å²) >= 11 is 0. The van der Waals surface area contributed by atoms with Gasteiger partial charge in [0.25, 0.3) is 0 Å². The molecule has 1 aromatic heterocycles. The summed E-state index contributed by atoms with van der Waals surface area (Å²) in [6.45, 7) is 3.16. The Bertz CT molecular complexity index is 532. The SMILES string of the molecule is CCNC(c1ccnn1C)C1CC1c1ccccc1. The van der Waals surface area contributed by atoms with Crippen LogP contribution in [0.25, 0.3) is 0 Å². The van der Waals surface area contributed by atoms with Gasteiger partial charge in [-0.2, -0.15) is 5.10 Å². The lowest BCUT2D eigenvalue weighted by molar-refractivity contribution is 0.455. The van der Waals surface area contributed by atoms with Crippen molar-refractivity contribution >= 4 is 0 Å². The molecular weight excluding hydrogens is 234 g/mol. The van der Waals surface area contributed by atoms with Gasteiger partial charge in [-0.05, 0) is 36.4 Å². The molecule has 1 fully saturated rings. The Morgan fingerprint density at radius 1 is 1.32 bits per heavy atom. The molecule has 1 aromatic carbocycles.